The predicted octanol–water partition coefficient (Wildman–Crippen LogP) is 12.5. The van der Waals surface area contributed by atoms with Gasteiger partial charge in [-0.1, -0.05) is 45.0 Å². The van der Waals surface area contributed by atoms with Gasteiger partial charge in [0.2, 0.25) is 24.6 Å². The van der Waals surface area contributed by atoms with E-state index in [0.29, 0.717) is 32.5 Å². The molecule has 2 saturated carbocycles. The zero-order chi connectivity index (χ0) is 61.1. The Hall–Kier alpha value is -9.12. The summed E-state index contributed by atoms with van der Waals surface area (Å²) in [5.74, 6) is -9.50. The summed E-state index contributed by atoms with van der Waals surface area (Å²) in [6.45, 7) is -1.11. The zero-order valence-corrected chi connectivity index (χ0v) is 46.9. The van der Waals surface area contributed by atoms with Gasteiger partial charge in [-0.3, -0.25) is 0 Å². The molecule has 0 unspecified atom stereocenters. The number of pyridine rings is 2. The maximum Gasteiger partial charge on any atom is 0.346 e. The number of imidazole rings is 2. The average molecular weight is 1250 g/mol. The summed E-state index contributed by atoms with van der Waals surface area (Å²) in [5, 5.41) is 17.0. The molecule has 17 nitrogen and oxygen atoms in total. The number of benzene rings is 4. The molecular weight excluding hydrogens is 1200 g/mol. The Labute approximate surface area is 492 Å². The minimum absolute atomic E-state index is 0.00664. The van der Waals surface area contributed by atoms with E-state index in [4.69, 9.17) is 23.7 Å². The van der Waals surface area contributed by atoms with Crippen LogP contribution in [-0.4, -0.2) is 88.5 Å². The van der Waals surface area contributed by atoms with E-state index >= 15 is 26.3 Å². The van der Waals surface area contributed by atoms with Gasteiger partial charge < -0.3 is 32.8 Å². The summed E-state index contributed by atoms with van der Waals surface area (Å²) in [6, 6.07) is 15.6. The first-order valence-corrected chi connectivity index (χ1v) is 28.0. The van der Waals surface area contributed by atoms with Crippen LogP contribution in [0.15, 0.2) is 84.9 Å². The number of alkyl halides is 4. The second-order valence-electron chi connectivity index (χ2n) is 20.7. The first kappa shape index (κ1) is 58.3. The lowest BCUT2D eigenvalue weighted by Gasteiger charge is -2.18. The van der Waals surface area contributed by atoms with Gasteiger partial charge in [0.05, 0.1) is 47.8 Å². The van der Waals surface area contributed by atoms with Crippen LogP contribution in [0.25, 0.3) is 44.6 Å². The number of nitrogens with zero attached hydrogens (tertiary/aromatic N) is 10. The molecule has 0 spiro atoms. The van der Waals surface area contributed by atoms with Crippen LogP contribution >= 0.6 is 22.7 Å². The van der Waals surface area contributed by atoms with Gasteiger partial charge in [0.15, 0.2) is 21.6 Å². The SMILES string of the molecule is COc1nnc(COc2cccc(-c3cc(F)c(Cc4nc5c(F)cc(C(=O)OC(=O)c6cc(F)c7nc(Cc8cc(F)c(-c9cccc(OCc%10nnc(OC)s%10)n9)cc8F)n(CC8(C(F)F)CC8)c7c6)cc5n4CC4(C(F)F)CC4)cc3F)n2)s1. The van der Waals surface area contributed by atoms with Crippen molar-refractivity contribution in [3.8, 4) is 44.7 Å². The van der Waals surface area contributed by atoms with Crippen molar-refractivity contribution in [2.45, 2.75) is 77.7 Å². The summed E-state index contributed by atoms with van der Waals surface area (Å²) in [4.78, 5) is 44.8. The van der Waals surface area contributed by atoms with Crippen molar-refractivity contribution in [1.29, 1.82) is 0 Å². The molecule has 6 heterocycles. The molecule has 0 atom stereocenters. The Morgan fingerprint density at radius 1 is 0.529 bits per heavy atom. The Morgan fingerprint density at radius 3 is 1.31 bits per heavy atom. The molecule has 12 rings (SSSR count). The predicted molar refractivity (Wildman–Crippen MR) is 291 cm³/mol. The van der Waals surface area contributed by atoms with Gasteiger partial charge in [-0.05, 0) is 97.5 Å². The summed E-state index contributed by atoms with van der Waals surface area (Å²) in [7, 11) is 2.85. The summed E-state index contributed by atoms with van der Waals surface area (Å²) in [6.07, 6.45) is -6.75. The second-order valence-corrected chi connectivity index (χ2v) is 22.8. The Kier molecular flexibility index (Phi) is 15.6. The van der Waals surface area contributed by atoms with Crippen molar-refractivity contribution in [3.63, 3.8) is 0 Å². The third-order valence-corrected chi connectivity index (χ3v) is 16.7. The quantitative estimate of drug-likeness (QED) is 0.0353. The smallest absolute Gasteiger partial charge is 0.346 e. The molecule has 6 aromatic heterocycles. The van der Waals surface area contributed by atoms with E-state index in [9.17, 15) is 27.2 Å². The van der Waals surface area contributed by atoms with E-state index in [1.807, 2.05) is 0 Å². The van der Waals surface area contributed by atoms with Gasteiger partial charge in [-0.2, -0.15) is 0 Å². The number of fused-ring (bicyclic) bond motifs is 2. The number of halogens is 10. The molecule has 87 heavy (non-hydrogen) atoms. The van der Waals surface area contributed by atoms with Crippen LogP contribution in [0, 0.1) is 45.7 Å². The van der Waals surface area contributed by atoms with Crippen LogP contribution in [-0.2, 0) is 43.9 Å². The Balaban J connectivity index is 0.804. The molecule has 10 aromatic rings. The zero-order valence-electron chi connectivity index (χ0n) is 45.2. The highest BCUT2D eigenvalue weighted by atomic mass is 32.1. The molecule has 2 aliphatic carbocycles. The van der Waals surface area contributed by atoms with Gasteiger partial charge in [-0.15, -0.1) is 10.2 Å². The topological polar surface area (TPSA) is 193 Å². The van der Waals surface area contributed by atoms with Gasteiger partial charge in [-0.25, -0.2) is 73.4 Å². The second kappa shape index (κ2) is 23.3. The molecule has 448 valence electrons. The Morgan fingerprint density at radius 2 is 0.943 bits per heavy atom. The van der Waals surface area contributed by atoms with Crippen LogP contribution in [0.5, 0.6) is 22.1 Å². The summed E-state index contributed by atoms with van der Waals surface area (Å²) < 4.78 is 184. The number of esters is 2. The fourth-order valence-electron chi connectivity index (χ4n) is 9.86. The van der Waals surface area contributed by atoms with Crippen molar-refractivity contribution in [2.75, 3.05) is 14.2 Å². The van der Waals surface area contributed by atoms with E-state index in [0.717, 1.165) is 68.2 Å². The maximum absolute atomic E-state index is 16.2. The van der Waals surface area contributed by atoms with E-state index in [1.54, 1.807) is 0 Å². The van der Waals surface area contributed by atoms with Crippen LogP contribution < -0.4 is 18.9 Å². The first-order chi connectivity index (χ1) is 41.8. The molecule has 0 N–H and O–H groups in total. The van der Waals surface area contributed by atoms with Gasteiger partial charge in [0, 0.05) is 60.0 Å². The first-order valence-electron chi connectivity index (χ1n) is 26.4. The van der Waals surface area contributed by atoms with Crippen molar-refractivity contribution in [1.82, 2.24) is 49.5 Å². The number of carbonyl (C=O) groups excluding carboxylic acids is 2. The minimum atomic E-state index is -2.88. The van der Waals surface area contributed by atoms with Crippen molar-refractivity contribution >= 4 is 56.7 Å². The molecule has 2 aliphatic rings. The third-order valence-electron chi connectivity index (χ3n) is 15.0. The molecule has 0 saturated heterocycles. The largest absolute Gasteiger partial charge is 0.472 e. The number of hydrogen-bond acceptors (Lipinski definition) is 17. The van der Waals surface area contributed by atoms with E-state index in [1.165, 1.54) is 50.6 Å². The van der Waals surface area contributed by atoms with E-state index in [2.05, 4.69) is 40.3 Å². The highest BCUT2D eigenvalue weighted by Gasteiger charge is 2.53. The average Bonchev–Trinajstić information content (AvgIpc) is 1.81. The lowest BCUT2D eigenvalue weighted by Crippen LogP contribution is -2.21. The van der Waals surface area contributed by atoms with Crippen LogP contribution in [0.1, 0.15) is 79.2 Å². The highest BCUT2D eigenvalue weighted by molar-refractivity contribution is 7.13. The Bertz CT molecular complexity index is 4070. The number of hydrogen-bond donors (Lipinski definition) is 0. The van der Waals surface area contributed by atoms with Crippen LogP contribution in [0.3, 0.4) is 0 Å². The molecule has 2 fully saturated rings. The van der Waals surface area contributed by atoms with Gasteiger partial charge >= 0.3 is 11.9 Å². The lowest BCUT2D eigenvalue weighted by atomic mass is 10.0. The van der Waals surface area contributed by atoms with Gasteiger partial charge in [0.1, 0.15) is 59.2 Å². The van der Waals surface area contributed by atoms with E-state index < -0.39 is 119 Å². The number of carbonyl (C=O) groups is 2. The molecule has 4 aromatic carbocycles. The molecule has 0 bridgehead atoms. The fourth-order valence-corrected chi connectivity index (χ4v) is 11.0. The van der Waals surface area contributed by atoms with Crippen LogP contribution in [0.4, 0.5) is 43.9 Å². The minimum Gasteiger partial charge on any atom is -0.472 e. The summed E-state index contributed by atoms with van der Waals surface area (Å²) >= 11 is 2.25. The molecule has 0 aliphatic heterocycles. The standard InChI is InChI=1S/C58H42F10N10O7S2/c1-81-55-75-73-47(86-55)23-83-45-7-3-5-39(69-45)31-21-33(59)27(13-35(31)61)19-43-71-49-37(63)15-29(17-41(49)77(43)25-57(9-10-57)53(65)66)51(79)85-52(80)30-16-38(64)50-42(18-30)78(26-58(11-12-58)54(67)68)44(72-50)20-28-14-36(62)32(22-34(28)60)40-6-4-8-46(70-40)84-24-48-74-76-56(82-2)87-48/h3-8,13-18,21-22,53-54H,9-12,19-20,23-26H2,1-2H3. The number of methoxy groups -OCH3 is 2. The maximum atomic E-state index is 16.2. The van der Waals surface area contributed by atoms with Gasteiger partial charge in [0.25, 0.3) is 10.4 Å². The molecular formula is C58H42F10N10O7S2. The lowest BCUT2D eigenvalue weighted by molar-refractivity contribution is 0.0395. The third kappa shape index (κ3) is 11.8. The normalized spacial score (nSPS) is 14.1. The molecule has 0 radical (unpaired) electrons. The number of ether oxygens (including phenoxy) is 5. The number of aromatic nitrogens is 10. The van der Waals surface area contributed by atoms with Crippen molar-refractivity contribution in [3.05, 3.63) is 164 Å². The monoisotopic (exact) mass is 1240 g/mol. The van der Waals surface area contributed by atoms with Crippen LogP contribution in [0.2, 0.25) is 0 Å². The van der Waals surface area contributed by atoms with Crippen molar-refractivity contribution < 1.29 is 77.2 Å². The number of rotatable bonds is 22. The summed E-state index contributed by atoms with van der Waals surface area (Å²) in [5.41, 5.74) is -7.08. The van der Waals surface area contributed by atoms with E-state index in [-0.39, 0.29) is 107 Å². The molecule has 0 amide bonds. The highest BCUT2D eigenvalue weighted by Crippen LogP contribution is 2.54. The fraction of sp³-hybridized carbons (Fsp3) is 0.276. The molecule has 29 heteroatoms. The van der Waals surface area contributed by atoms with Crippen molar-refractivity contribution in [2.24, 2.45) is 10.8 Å².